The highest BCUT2D eigenvalue weighted by molar-refractivity contribution is 7.99. The zero-order valence-corrected chi connectivity index (χ0v) is 20.3. The van der Waals surface area contributed by atoms with Gasteiger partial charge in [0, 0.05) is 28.0 Å². The van der Waals surface area contributed by atoms with Gasteiger partial charge in [0.05, 0.1) is 17.7 Å². The van der Waals surface area contributed by atoms with Crippen LogP contribution in [-0.2, 0) is 6.42 Å². The van der Waals surface area contributed by atoms with Gasteiger partial charge in [-0.2, -0.15) is 0 Å². The highest BCUT2D eigenvalue weighted by Gasteiger charge is 2.12. The number of phenols is 1. The second-order valence-electron chi connectivity index (χ2n) is 8.15. The monoisotopic (exact) mass is 498 g/mol. The van der Waals surface area contributed by atoms with Crippen molar-refractivity contribution in [1.82, 2.24) is 15.0 Å². The van der Waals surface area contributed by atoms with Crippen LogP contribution in [0.3, 0.4) is 0 Å². The van der Waals surface area contributed by atoms with Gasteiger partial charge in [0.15, 0.2) is 5.65 Å². The summed E-state index contributed by atoms with van der Waals surface area (Å²) in [5, 5.41) is 13.9. The number of rotatable bonds is 8. The molecule has 2 aromatic heterocycles. The number of halogens is 1. The van der Waals surface area contributed by atoms with Gasteiger partial charge in [0.25, 0.3) is 0 Å². The maximum absolute atomic E-state index is 13.5. The Hall–Kier alpha value is -4.17. The molecule has 0 amide bonds. The van der Waals surface area contributed by atoms with Gasteiger partial charge < -0.3 is 15.2 Å². The number of aromatic hydroxyl groups is 1. The van der Waals surface area contributed by atoms with Crippen LogP contribution in [-0.4, -0.2) is 26.7 Å². The predicted octanol–water partition coefficient (Wildman–Crippen LogP) is 6.69. The van der Waals surface area contributed by atoms with Crippen LogP contribution in [0.4, 0.5) is 15.9 Å². The molecule has 0 fully saturated rings. The number of aryl methyl sites for hydroxylation is 1. The minimum Gasteiger partial charge on any atom is -0.508 e. The van der Waals surface area contributed by atoms with Crippen LogP contribution in [0.2, 0.25) is 0 Å². The highest BCUT2D eigenvalue weighted by atomic mass is 32.2. The number of nitrogens with zero attached hydrogens (tertiary/aromatic N) is 3. The van der Waals surface area contributed by atoms with Crippen LogP contribution in [0.15, 0.2) is 95.0 Å². The van der Waals surface area contributed by atoms with E-state index in [0.717, 1.165) is 32.1 Å². The van der Waals surface area contributed by atoms with Crippen LogP contribution in [0, 0.1) is 12.7 Å². The number of anilines is 2. The number of aromatic nitrogens is 3. The summed E-state index contributed by atoms with van der Waals surface area (Å²) in [6, 6.07) is 23.2. The second kappa shape index (κ2) is 10.6. The first-order valence-electron chi connectivity index (χ1n) is 11.4. The van der Waals surface area contributed by atoms with Crippen molar-refractivity contribution in [2.24, 2.45) is 0 Å². The zero-order chi connectivity index (χ0) is 24.9. The standard InChI is InChI=1S/C28H23FN4O2S/c1-18-5-11-24-27(32-18)30-17-31-28(24)33-25-16-22(35-14-13-19-3-2-4-20(29)15-19)8-12-26(25)36-23-9-6-21(34)7-10-23/h2-12,15-17,34H,13-14H2,1H3,(H,30,31,32,33). The molecule has 2 N–H and O–H groups in total. The van der Waals surface area contributed by atoms with Gasteiger partial charge in [0.1, 0.15) is 29.5 Å². The summed E-state index contributed by atoms with van der Waals surface area (Å²) in [7, 11) is 0. The zero-order valence-electron chi connectivity index (χ0n) is 19.5. The van der Waals surface area contributed by atoms with Crippen molar-refractivity contribution in [2.75, 3.05) is 11.9 Å². The smallest absolute Gasteiger partial charge is 0.164 e. The summed E-state index contributed by atoms with van der Waals surface area (Å²) >= 11 is 1.55. The summed E-state index contributed by atoms with van der Waals surface area (Å²) in [4.78, 5) is 15.2. The maximum Gasteiger partial charge on any atom is 0.164 e. The molecule has 3 aromatic carbocycles. The number of fused-ring (bicyclic) bond motifs is 1. The van der Waals surface area contributed by atoms with Crippen LogP contribution in [0.5, 0.6) is 11.5 Å². The molecule has 0 aliphatic carbocycles. The Labute approximate surface area is 212 Å². The van der Waals surface area contributed by atoms with Crippen LogP contribution in [0.25, 0.3) is 11.0 Å². The molecule has 0 bridgehead atoms. The van der Waals surface area contributed by atoms with Crippen LogP contribution in [0.1, 0.15) is 11.3 Å². The number of nitrogens with one attached hydrogen (secondary N) is 1. The van der Waals surface area contributed by atoms with Crippen molar-refractivity contribution in [2.45, 2.75) is 23.1 Å². The van der Waals surface area contributed by atoms with Gasteiger partial charge in [-0.15, -0.1) is 0 Å². The quantitative estimate of drug-likeness (QED) is 0.247. The molecule has 0 saturated heterocycles. The van der Waals surface area contributed by atoms with E-state index in [1.54, 1.807) is 30.0 Å². The molecular weight excluding hydrogens is 475 g/mol. The fourth-order valence-electron chi connectivity index (χ4n) is 3.67. The number of benzene rings is 3. The van der Waals surface area contributed by atoms with E-state index in [0.29, 0.717) is 30.2 Å². The lowest BCUT2D eigenvalue weighted by atomic mass is 10.1. The molecule has 0 unspecified atom stereocenters. The Balaban J connectivity index is 1.42. The number of ether oxygens (including phenoxy) is 1. The Morgan fingerprint density at radius 2 is 1.83 bits per heavy atom. The van der Waals surface area contributed by atoms with Gasteiger partial charge in [-0.05, 0) is 73.2 Å². The molecule has 0 aliphatic heterocycles. The highest BCUT2D eigenvalue weighted by Crippen LogP contribution is 2.38. The van der Waals surface area contributed by atoms with E-state index in [1.165, 1.54) is 18.5 Å². The largest absolute Gasteiger partial charge is 0.508 e. The molecule has 0 spiro atoms. The Morgan fingerprint density at radius 1 is 0.972 bits per heavy atom. The van der Waals surface area contributed by atoms with Crippen LogP contribution < -0.4 is 10.1 Å². The number of hydrogen-bond donors (Lipinski definition) is 2. The fraction of sp³-hybridized carbons (Fsp3) is 0.107. The van der Waals surface area contributed by atoms with Crippen molar-refractivity contribution in [3.05, 3.63) is 102 Å². The van der Waals surface area contributed by atoms with Crippen LogP contribution >= 0.6 is 11.8 Å². The number of hydrogen-bond acceptors (Lipinski definition) is 7. The molecule has 0 aliphatic rings. The summed E-state index contributed by atoms with van der Waals surface area (Å²) < 4.78 is 19.5. The molecule has 0 radical (unpaired) electrons. The SMILES string of the molecule is Cc1ccc2c(Nc3cc(OCCc4cccc(F)c4)ccc3Sc3ccc(O)cc3)ncnc2n1. The normalized spacial score (nSPS) is 10.9. The van der Waals surface area contributed by atoms with E-state index < -0.39 is 0 Å². The third kappa shape index (κ3) is 5.72. The first kappa shape index (κ1) is 23.6. The maximum atomic E-state index is 13.5. The summed E-state index contributed by atoms with van der Waals surface area (Å²) in [5.41, 5.74) is 3.17. The van der Waals surface area contributed by atoms with Gasteiger partial charge in [-0.25, -0.2) is 19.3 Å². The molecule has 5 rings (SSSR count). The lowest BCUT2D eigenvalue weighted by Crippen LogP contribution is -2.03. The third-order valence-corrected chi connectivity index (χ3v) is 6.54. The van der Waals surface area contributed by atoms with E-state index in [2.05, 4.69) is 20.3 Å². The summed E-state index contributed by atoms with van der Waals surface area (Å²) in [6.45, 7) is 2.33. The average Bonchev–Trinajstić information content (AvgIpc) is 2.87. The van der Waals surface area contributed by atoms with Gasteiger partial charge >= 0.3 is 0 Å². The van der Waals surface area contributed by atoms with Crippen molar-refractivity contribution in [1.29, 1.82) is 0 Å². The van der Waals surface area contributed by atoms with E-state index in [4.69, 9.17) is 4.74 Å². The first-order valence-corrected chi connectivity index (χ1v) is 12.2. The lowest BCUT2D eigenvalue weighted by Gasteiger charge is -2.15. The Kier molecular flexibility index (Phi) is 6.95. The van der Waals surface area contributed by atoms with E-state index >= 15 is 0 Å². The molecule has 0 atom stereocenters. The van der Waals surface area contributed by atoms with Crippen molar-refractivity contribution < 1.29 is 14.2 Å². The minimum absolute atomic E-state index is 0.218. The molecular formula is C28H23FN4O2S. The van der Waals surface area contributed by atoms with Gasteiger partial charge in [-0.1, -0.05) is 23.9 Å². The number of pyridine rings is 1. The van der Waals surface area contributed by atoms with Gasteiger partial charge in [-0.3, -0.25) is 0 Å². The van der Waals surface area contributed by atoms with Gasteiger partial charge in [0.2, 0.25) is 0 Å². The molecule has 5 aromatic rings. The van der Waals surface area contributed by atoms with E-state index in [1.807, 2.05) is 55.5 Å². The molecule has 2 heterocycles. The summed E-state index contributed by atoms with van der Waals surface area (Å²) in [6.07, 6.45) is 2.08. The van der Waals surface area contributed by atoms with Crippen molar-refractivity contribution in [3.63, 3.8) is 0 Å². The Bertz CT molecular complexity index is 1510. The molecule has 180 valence electrons. The average molecular weight is 499 g/mol. The van der Waals surface area contributed by atoms with E-state index in [9.17, 15) is 9.50 Å². The molecule has 6 nitrogen and oxygen atoms in total. The first-order chi connectivity index (χ1) is 17.5. The van der Waals surface area contributed by atoms with Crippen molar-refractivity contribution in [3.8, 4) is 11.5 Å². The molecule has 36 heavy (non-hydrogen) atoms. The minimum atomic E-state index is -0.253. The topological polar surface area (TPSA) is 80.2 Å². The van der Waals surface area contributed by atoms with Crippen molar-refractivity contribution >= 4 is 34.3 Å². The predicted molar refractivity (Wildman–Crippen MR) is 140 cm³/mol. The Morgan fingerprint density at radius 3 is 2.67 bits per heavy atom. The van der Waals surface area contributed by atoms with E-state index in [-0.39, 0.29) is 11.6 Å². The third-order valence-electron chi connectivity index (χ3n) is 5.45. The number of phenolic OH excluding ortho intramolecular Hbond substituents is 1. The molecule has 8 heteroatoms. The lowest BCUT2D eigenvalue weighted by molar-refractivity contribution is 0.322. The fourth-order valence-corrected chi connectivity index (χ4v) is 4.55. The summed E-state index contributed by atoms with van der Waals surface area (Å²) in [5.74, 6) is 1.28. The second-order valence-corrected chi connectivity index (χ2v) is 9.27. The molecule has 0 saturated carbocycles.